The number of nitrogens with one attached hydrogen (secondary N) is 1. The molecule has 1 saturated carbocycles. The quantitative estimate of drug-likeness (QED) is 0.323. The average molecular weight is 452 g/mol. The molecule has 1 aliphatic rings. The zero-order valence-corrected chi connectivity index (χ0v) is 16.7. The molecule has 0 spiro atoms. The lowest BCUT2D eigenvalue weighted by atomic mass is 10.1. The highest BCUT2D eigenvalue weighted by Crippen LogP contribution is 2.57. The van der Waals surface area contributed by atoms with Crippen LogP contribution in [0.4, 0.5) is 17.6 Å². The number of halogens is 4. The predicted molar refractivity (Wildman–Crippen MR) is 104 cm³/mol. The zero-order valence-electron chi connectivity index (χ0n) is 15.9. The first-order valence-corrected chi connectivity index (χ1v) is 10.0. The summed E-state index contributed by atoms with van der Waals surface area (Å²) in [5.74, 6) is -1.64. The van der Waals surface area contributed by atoms with E-state index in [1.807, 2.05) is 6.07 Å². The van der Waals surface area contributed by atoms with Crippen LogP contribution in [0.5, 0.6) is 5.88 Å². The van der Waals surface area contributed by atoms with Gasteiger partial charge in [-0.25, -0.2) is 4.68 Å². The maximum Gasteiger partial charge on any atom is 0.397 e. The van der Waals surface area contributed by atoms with Gasteiger partial charge >= 0.3 is 6.18 Å². The minimum Gasteiger partial charge on any atom is -0.476 e. The molecule has 162 valence electrons. The summed E-state index contributed by atoms with van der Waals surface area (Å²) in [6.45, 7) is -0.520. The number of carbonyl (C=O) groups is 1. The Bertz CT molecular complexity index is 1080. The summed E-state index contributed by atoms with van der Waals surface area (Å²) in [7, 11) is 0. The highest BCUT2D eigenvalue weighted by atomic mass is 32.2. The molecule has 11 heteroatoms. The maximum absolute atomic E-state index is 14.4. The van der Waals surface area contributed by atoms with Gasteiger partial charge in [0.1, 0.15) is 12.0 Å². The maximum atomic E-state index is 14.4. The molecule has 2 aromatic heterocycles. The minimum absolute atomic E-state index is 0.0239. The Labute approximate surface area is 178 Å². The van der Waals surface area contributed by atoms with Gasteiger partial charge in [0.25, 0.3) is 5.91 Å². The van der Waals surface area contributed by atoms with Crippen molar-refractivity contribution in [3.63, 3.8) is 0 Å². The number of pyridine rings is 1. The number of hydrogen-bond acceptors (Lipinski definition) is 5. The Morgan fingerprint density at radius 2 is 1.90 bits per heavy atom. The molecule has 1 amide bonds. The number of rotatable bonds is 7. The van der Waals surface area contributed by atoms with Crippen molar-refractivity contribution in [2.45, 2.75) is 23.9 Å². The third-order valence-electron chi connectivity index (χ3n) is 4.83. The Morgan fingerprint density at radius 3 is 2.55 bits per heavy atom. The molecule has 2 heterocycles. The van der Waals surface area contributed by atoms with E-state index in [-0.39, 0.29) is 30.1 Å². The Balaban J connectivity index is 1.39. The first kappa shape index (κ1) is 21.2. The van der Waals surface area contributed by atoms with Crippen LogP contribution in [-0.2, 0) is 0 Å². The van der Waals surface area contributed by atoms with Gasteiger partial charge in [0.15, 0.2) is 5.82 Å². The standard InChI is InChI=1S/C20H16F4N4O2S/c21-17-14(18(29)27-31-13-4-2-1-3-5-13)6-7-15(25-17)28-11-8-16(26-28)30-12-19(9-10-19)20(22,23)24/h1-8,11H,9-10,12H2,(H,27,29). The third-order valence-corrected chi connectivity index (χ3v) is 5.63. The molecule has 0 bridgehead atoms. The van der Waals surface area contributed by atoms with Crippen LogP contribution in [0.3, 0.4) is 0 Å². The van der Waals surface area contributed by atoms with Crippen molar-refractivity contribution in [1.82, 2.24) is 19.5 Å². The number of nitrogens with zero attached hydrogens (tertiary/aromatic N) is 3. The molecule has 1 fully saturated rings. The molecule has 6 nitrogen and oxygen atoms in total. The summed E-state index contributed by atoms with van der Waals surface area (Å²) >= 11 is 1.04. The lowest BCUT2D eigenvalue weighted by Crippen LogP contribution is -2.30. The van der Waals surface area contributed by atoms with Crippen molar-refractivity contribution < 1.29 is 27.1 Å². The van der Waals surface area contributed by atoms with E-state index in [9.17, 15) is 22.4 Å². The van der Waals surface area contributed by atoms with Crippen LogP contribution in [-0.4, -0.2) is 33.5 Å². The summed E-state index contributed by atoms with van der Waals surface area (Å²) in [6.07, 6.45) is -2.89. The SMILES string of the molecule is O=C(NSc1ccccc1)c1ccc(-n2ccc(OCC3(C(F)(F)F)CC3)n2)nc1F. The van der Waals surface area contributed by atoms with Crippen LogP contribution in [0.15, 0.2) is 59.6 Å². The summed E-state index contributed by atoms with van der Waals surface area (Å²) < 4.78 is 62.2. The van der Waals surface area contributed by atoms with Gasteiger partial charge in [0.2, 0.25) is 11.8 Å². The van der Waals surface area contributed by atoms with Gasteiger partial charge in [-0.1, -0.05) is 18.2 Å². The van der Waals surface area contributed by atoms with Crippen molar-refractivity contribution in [1.29, 1.82) is 0 Å². The first-order valence-electron chi connectivity index (χ1n) is 9.22. The number of aromatic nitrogens is 3. The van der Waals surface area contributed by atoms with Crippen molar-refractivity contribution >= 4 is 17.9 Å². The smallest absolute Gasteiger partial charge is 0.397 e. The number of benzene rings is 1. The molecule has 4 rings (SSSR count). The predicted octanol–water partition coefficient (Wildman–Crippen LogP) is 4.56. The Kier molecular flexibility index (Phi) is 5.61. The number of carbonyl (C=O) groups excluding carboxylic acids is 1. The molecule has 0 unspecified atom stereocenters. The molecular weight excluding hydrogens is 436 g/mol. The highest BCUT2D eigenvalue weighted by Gasteiger charge is 2.64. The number of alkyl halides is 3. The van der Waals surface area contributed by atoms with E-state index in [0.29, 0.717) is 0 Å². The van der Waals surface area contributed by atoms with E-state index in [1.54, 1.807) is 24.3 Å². The topological polar surface area (TPSA) is 69.0 Å². The van der Waals surface area contributed by atoms with E-state index in [4.69, 9.17) is 4.74 Å². The molecule has 1 aliphatic carbocycles. The fourth-order valence-corrected chi connectivity index (χ4v) is 3.37. The van der Waals surface area contributed by atoms with Crippen LogP contribution in [0, 0.1) is 11.4 Å². The molecule has 3 aromatic rings. The fourth-order valence-electron chi connectivity index (χ4n) is 2.75. The van der Waals surface area contributed by atoms with Gasteiger partial charge in [-0.2, -0.15) is 22.5 Å². The number of ether oxygens (including phenoxy) is 1. The molecular formula is C20H16F4N4O2S. The summed E-state index contributed by atoms with van der Waals surface area (Å²) in [5.41, 5.74) is -2.06. The van der Waals surface area contributed by atoms with Crippen molar-refractivity contribution in [2.75, 3.05) is 6.61 Å². The number of hydrogen-bond donors (Lipinski definition) is 1. The molecule has 0 atom stereocenters. The average Bonchev–Trinajstić information content (AvgIpc) is 3.41. The van der Waals surface area contributed by atoms with Gasteiger partial charge < -0.3 is 4.74 Å². The zero-order chi connectivity index (χ0) is 22.1. The van der Waals surface area contributed by atoms with Crippen LogP contribution >= 0.6 is 11.9 Å². The van der Waals surface area contributed by atoms with Crippen LogP contribution in [0.2, 0.25) is 0 Å². The van der Waals surface area contributed by atoms with Crippen LogP contribution in [0.1, 0.15) is 23.2 Å². The molecule has 0 aliphatic heterocycles. The summed E-state index contributed by atoms with van der Waals surface area (Å²) in [5, 5.41) is 3.98. The van der Waals surface area contributed by atoms with E-state index >= 15 is 0 Å². The largest absolute Gasteiger partial charge is 0.476 e. The molecule has 1 aromatic carbocycles. The van der Waals surface area contributed by atoms with E-state index in [1.165, 1.54) is 24.4 Å². The summed E-state index contributed by atoms with van der Waals surface area (Å²) in [4.78, 5) is 16.7. The molecule has 1 N–H and O–H groups in total. The van der Waals surface area contributed by atoms with Gasteiger partial charge in [-0.05, 0) is 49.1 Å². The third kappa shape index (κ3) is 4.66. The molecule has 31 heavy (non-hydrogen) atoms. The highest BCUT2D eigenvalue weighted by molar-refractivity contribution is 7.98. The van der Waals surface area contributed by atoms with Gasteiger partial charge in [0, 0.05) is 17.2 Å². The monoisotopic (exact) mass is 452 g/mol. The van der Waals surface area contributed by atoms with E-state index < -0.39 is 30.1 Å². The first-order chi connectivity index (χ1) is 14.8. The lowest BCUT2D eigenvalue weighted by Gasteiger charge is -2.18. The summed E-state index contributed by atoms with van der Waals surface area (Å²) in [6, 6.07) is 13.0. The second-order valence-corrected chi connectivity index (χ2v) is 7.90. The second-order valence-electron chi connectivity index (χ2n) is 7.02. The van der Waals surface area contributed by atoms with Crippen molar-refractivity contribution in [2.24, 2.45) is 5.41 Å². The van der Waals surface area contributed by atoms with Crippen molar-refractivity contribution in [3.8, 4) is 11.7 Å². The minimum atomic E-state index is -4.32. The number of amides is 1. The van der Waals surface area contributed by atoms with Gasteiger partial charge in [-0.3, -0.25) is 9.52 Å². The molecule has 0 radical (unpaired) electrons. The van der Waals surface area contributed by atoms with E-state index in [0.717, 1.165) is 21.5 Å². The Morgan fingerprint density at radius 1 is 1.16 bits per heavy atom. The Hall–Kier alpha value is -3.08. The normalized spacial score (nSPS) is 14.8. The van der Waals surface area contributed by atoms with E-state index in [2.05, 4.69) is 14.8 Å². The van der Waals surface area contributed by atoms with Crippen LogP contribution < -0.4 is 9.46 Å². The van der Waals surface area contributed by atoms with Crippen LogP contribution in [0.25, 0.3) is 5.82 Å². The second kappa shape index (κ2) is 8.22. The lowest BCUT2D eigenvalue weighted by molar-refractivity contribution is -0.194. The fraction of sp³-hybridized carbons (Fsp3) is 0.250. The van der Waals surface area contributed by atoms with Crippen molar-refractivity contribution in [3.05, 3.63) is 66.2 Å². The molecule has 0 saturated heterocycles. The van der Waals surface area contributed by atoms with Gasteiger partial charge in [-0.15, -0.1) is 5.10 Å². The van der Waals surface area contributed by atoms with Gasteiger partial charge in [0.05, 0.1) is 5.56 Å².